The van der Waals surface area contributed by atoms with Crippen molar-refractivity contribution < 1.29 is 0 Å². The van der Waals surface area contributed by atoms with Gasteiger partial charge in [0.1, 0.15) is 11.3 Å². The average molecular weight is 292 g/mol. The molecule has 0 aliphatic heterocycles. The van der Waals surface area contributed by atoms with Crippen molar-refractivity contribution in [2.24, 2.45) is 0 Å². The van der Waals surface area contributed by atoms with E-state index in [4.69, 9.17) is 23.2 Å². The molecule has 0 fully saturated rings. The molecule has 2 heterocycles. The van der Waals surface area contributed by atoms with Crippen LogP contribution in [0.15, 0.2) is 36.7 Å². The third-order valence-electron chi connectivity index (χ3n) is 2.51. The van der Waals surface area contributed by atoms with E-state index >= 15 is 0 Å². The lowest BCUT2D eigenvalue weighted by molar-refractivity contribution is 1.07. The van der Waals surface area contributed by atoms with Crippen molar-refractivity contribution in [3.8, 4) is 0 Å². The predicted octanol–water partition coefficient (Wildman–Crippen LogP) is 3.47. The molecular weight excluding hydrogens is 285 g/mol. The van der Waals surface area contributed by atoms with Crippen LogP contribution in [0, 0.1) is 0 Å². The van der Waals surface area contributed by atoms with Gasteiger partial charge in [-0.05, 0) is 23.7 Å². The van der Waals surface area contributed by atoms with Crippen molar-refractivity contribution >= 4 is 45.6 Å². The third kappa shape index (κ3) is 2.43. The Kier molecular flexibility index (Phi) is 3.15. The number of hydrogen-bond donors (Lipinski definition) is 1. The minimum absolute atomic E-state index is 0.175. The number of nitrogens with one attached hydrogen (secondary N) is 1. The number of hydrogen-bond acceptors (Lipinski definition) is 5. The largest absolute Gasteiger partial charge is 0.338 e. The number of rotatable bonds is 2. The summed E-state index contributed by atoms with van der Waals surface area (Å²) in [6, 6.07) is 7.23. The van der Waals surface area contributed by atoms with Crippen molar-refractivity contribution in [2.75, 3.05) is 5.32 Å². The molecule has 5 nitrogen and oxygen atoms in total. The summed E-state index contributed by atoms with van der Waals surface area (Å²) < 4.78 is 0. The van der Waals surface area contributed by atoms with Crippen molar-refractivity contribution in [1.29, 1.82) is 0 Å². The molecule has 0 aliphatic rings. The van der Waals surface area contributed by atoms with Gasteiger partial charge in [0.15, 0.2) is 0 Å². The summed E-state index contributed by atoms with van der Waals surface area (Å²) in [6.45, 7) is 0. The summed E-state index contributed by atoms with van der Waals surface area (Å²) >= 11 is 11.8. The van der Waals surface area contributed by atoms with Crippen LogP contribution in [0.5, 0.6) is 0 Å². The first-order chi connectivity index (χ1) is 9.24. The van der Waals surface area contributed by atoms with E-state index in [0.717, 1.165) is 11.1 Å². The summed E-state index contributed by atoms with van der Waals surface area (Å²) in [5.41, 5.74) is 1.39. The van der Waals surface area contributed by atoms with Crippen molar-refractivity contribution in [3.05, 3.63) is 47.0 Å². The van der Waals surface area contributed by atoms with Gasteiger partial charge in [-0.3, -0.25) is 0 Å². The van der Waals surface area contributed by atoms with Gasteiger partial charge in [-0.2, -0.15) is 5.10 Å². The Morgan fingerprint density at radius 1 is 1.11 bits per heavy atom. The van der Waals surface area contributed by atoms with Crippen LogP contribution in [-0.4, -0.2) is 20.2 Å². The Hall–Kier alpha value is -1.98. The zero-order chi connectivity index (χ0) is 13.2. The fourth-order valence-electron chi connectivity index (χ4n) is 1.69. The van der Waals surface area contributed by atoms with Gasteiger partial charge < -0.3 is 5.32 Å². The highest BCUT2D eigenvalue weighted by atomic mass is 35.5. The van der Waals surface area contributed by atoms with Crippen molar-refractivity contribution in [1.82, 2.24) is 20.2 Å². The van der Waals surface area contributed by atoms with E-state index in [0.29, 0.717) is 16.4 Å². The number of benzene rings is 1. The van der Waals surface area contributed by atoms with Gasteiger partial charge in [-0.15, -0.1) is 5.10 Å². The van der Waals surface area contributed by atoms with Crippen LogP contribution in [0.25, 0.3) is 10.9 Å². The average Bonchev–Trinajstić information content (AvgIpc) is 2.40. The minimum atomic E-state index is 0.175. The molecule has 0 unspecified atom stereocenters. The van der Waals surface area contributed by atoms with Crippen LogP contribution in [0.3, 0.4) is 0 Å². The maximum absolute atomic E-state index is 6.08. The summed E-state index contributed by atoms with van der Waals surface area (Å²) in [6.07, 6.45) is 3.18. The summed E-state index contributed by atoms with van der Waals surface area (Å²) in [5.74, 6) is 0.578. The molecule has 1 N–H and O–H groups in total. The quantitative estimate of drug-likeness (QED) is 0.733. The van der Waals surface area contributed by atoms with Gasteiger partial charge in [-0.1, -0.05) is 23.7 Å². The summed E-state index contributed by atoms with van der Waals surface area (Å²) in [4.78, 5) is 7.88. The first kappa shape index (κ1) is 12.1. The molecule has 0 saturated heterocycles. The Balaban J connectivity index is 2.08. The molecule has 0 radical (unpaired) electrons. The van der Waals surface area contributed by atoms with E-state index in [1.54, 1.807) is 24.5 Å². The van der Waals surface area contributed by atoms with Gasteiger partial charge in [0.25, 0.3) is 0 Å². The van der Waals surface area contributed by atoms with Crippen LogP contribution < -0.4 is 5.32 Å². The monoisotopic (exact) mass is 291 g/mol. The molecule has 0 bridgehead atoms. The molecular formula is C12H7Cl2N5. The summed E-state index contributed by atoms with van der Waals surface area (Å²) in [7, 11) is 0. The lowest BCUT2D eigenvalue weighted by Gasteiger charge is -2.08. The smallest absolute Gasteiger partial charge is 0.224 e. The SMILES string of the molecule is Clc1nccc(Nc2cnnc3c(Cl)cccc23)n1. The maximum atomic E-state index is 6.08. The Bertz CT molecular complexity index is 747. The van der Waals surface area contributed by atoms with Gasteiger partial charge in [0, 0.05) is 11.6 Å². The molecule has 1 aromatic carbocycles. The van der Waals surface area contributed by atoms with E-state index in [1.807, 2.05) is 12.1 Å². The molecule has 19 heavy (non-hydrogen) atoms. The number of aromatic nitrogens is 4. The topological polar surface area (TPSA) is 63.6 Å². The lowest BCUT2D eigenvalue weighted by Crippen LogP contribution is -1.97. The van der Waals surface area contributed by atoms with E-state index in [-0.39, 0.29) is 5.28 Å². The standard InChI is InChI=1S/C12H7Cl2N5/c13-8-3-1-2-7-9(6-16-19-11(7)8)17-10-4-5-15-12(14)18-10/h1-6H,(H,15,17,18,19). The number of nitrogens with zero attached hydrogens (tertiary/aromatic N) is 4. The predicted molar refractivity (Wildman–Crippen MR) is 74.9 cm³/mol. The molecule has 0 amide bonds. The molecule has 0 atom stereocenters. The molecule has 3 aromatic rings. The highest BCUT2D eigenvalue weighted by Gasteiger charge is 2.07. The van der Waals surface area contributed by atoms with E-state index in [9.17, 15) is 0 Å². The molecule has 0 aliphatic carbocycles. The zero-order valence-corrected chi connectivity index (χ0v) is 11.0. The second kappa shape index (κ2) is 4.95. The minimum Gasteiger partial charge on any atom is -0.338 e. The van der Waals surface area contributed by atoms with Gasteiger partial charge in [0.2, 0.25) is 5.28 Å². The molecule has 0 spiro atoms. The molecule has 3 rings (SSSR count). The van der Waals surface area contributed by atoms with Crippen LogP contribution in [-0.2, 0) is 0 Å². The Morgan fingerprint density at radius 2 is 2.00 bits per heavy atom. The second-order valence-electron chi connectivity index (χ2n) is 3.73. The highest BCUT2D eigenvalue weighted by Crippen LogP contribution is 2.27. The van der Waals surface area contributed by atoms with E-state index in [1.165, 1.54) is 0 Å². The number of fused-ring (bicyclic) bond motifs is 1. The van der Waals surface area contributed by atoms with Crippen LogP contribution in [0.4, 0.5) is 11.5 Å². The molecule has 7 heteroatoms. The summed E-state index contributed by atoms with van der Waals surface area (Å²) in [5, 5.41) is 12.6. The fraction of sp³-hybridized carbons (Fsp3) is 0. The number of halogens is 2. The Labute approximate surface area is 118 Å². The first-order valence-corrected chi connectivity index (χ1v) is 6.15. The van der Waals surface area contributed by atoms with Gasteiger partial charge in [-0.25, -0.2) is 9.97 Å². The van der Waals surface area contributed by atoms with Crippen molar-refractivity contribution in [3.63, 3.8) is 0 Å². The van der Waals surface area contributed by atoms with Gasteiger partial charge >= 0.3 is 0 Å². The van der Waals surface area contributed by atoms with E-state index in [2.05, 4.69) is 25.5 Å². The molecule has 2 aromatic heterocycles. The normalized spacial score (nSPS) is 10.6. The zero-order valence-electron chi connectivity index (χ0n) is 9.51. The second-order valence-corrected chi connectivity index (χ2v) is 4.48. The molecule has 94 valence electrons. The van der Waals surface area contributed by atoms with Crippen molar-refractivity contribution in [2.45, 2.75) is 0 Å². The third-order valence-corrected chi connectivity index (χ3v) is 3.00. The fourth-order valence-corrected chi connectivity index (χ4v) is 2.05. The van der Waals surface area contributed by atoms with Gasteiger partial charge in [0.05, 0.1) is 16.9 Å². The Morgan fingerprint density at radius 3 is 2.84 bits per heavy atom. The highest BCUT2D eigenvalue weighted by molar-refractivity contribution is 6.35. The maximum Gasteiger partial charge on any atom is 0.224 e. The van der Waals surface area contributed by atoms with E-state index < -0.39 is 0 Å². The van der Waals surface area contributed by atoms with Crippen LogP contribution in [0.2, 0.25) is 10.3 Å². The van der Waals surface area contributed by atoms with Crippen LogP contribution >= 0.6 is 23.2 Å². The van der Waals surface area contributed by atoms with Crippen LogP contribution in [0.1, 0.15) is 0 Å². The number of anilines is 2. The molecule has 0 saturated carbocycles. The first-order valence-electron chi connectivity index (χ1n) is 5.39. The lowest BCUT2D eigenvalue weighted by atomic mass is 10.2.